The second kappa shape index (κ2) is 5.41. The van der Waals surface area contributed by atoms with Crippen LogP contribution in [0.4, 0.5) is 0 Å². The Bertz CT molecular complexity index is 536. The van der Waals surface area contributed by atoms with Gasteiger partial charge in [0, 0.05) is 5.56 Å². The van der Waals surface area contributed by atoms with Crippen LogP contribution < -0.4 is 4.74 Å². The van der Waals surface area contributed by atoms with E-state index in [0.717, 1.165) is 30.6 Å². The number of carbonyl (C=O) groups excluding carboxylic acids is 1. The standard InChI is InChI=1S/C17H21NO2/c1-20-16-8-7-14(13-5-2-3-6-13)11-15(16)17(18-12-19)9-4-10-17/h7-8,11,13H,2-6,9-10H2,1H3. The summed E-state index contributed by atoms with van der Waals surface area (Å²) in [5.74, 6) is 1.52. The molecular weight excluding hydrogens is 250 g/mol. The summed E-state index contributed by atoms with van der Waals surface area (Å²) in [7, 11) is 1.69. The molecule has 3 nitrogen and oxygen atoms in total. The van der Waals surface area contributed by atoms with E-state index >= 15 is 0 Å². The van der Waals surface area contributed by atoms with Crippen LogP contribution in [0.1, 0.15) is 62.0 Å². The average molecular weight is 271 g/mol. The predicted octanol–water partition coefficient (Wildman–Crippen LogP) is 4.07. The van der Waals surface area contributed by atoms with Gasteiger partial charge in [0.2, 0.25) is 6.08 Å². The first-order valence-corrected chi connectivity index (χ1v) is 7.56. The second-order valence-electron chi connectivity index (χ2n) is 6.03. The van der Waals surface area contributed by atoms with Crippen molar-refractivity contribution in [2.75, 3.05) is 7.11 Å². The molecule has 0 radical (unpaired) electrons. The molecule has 3 heteroatoms. The van der Waals surface area contributed by atoms with Gasteiger partial charge in [0.25, 0.3) is 0 Å². The van der Waals surface area contributed by atoms with Crippen molar-refractivity contribution in [3.8, 4) is 5.75 Å². The summed E-state index contributed by atoms with van der Waals surface area (Å²) in [6, 6.07) is 6.45. The fourth-order valence-electron chi connectivity index (χ4n) is 3.64. The van der Waals surface area contributed by atoms with E-state index in [2.05, 4.69) is 17.1 Å². The van der Waals surface area contributed by atoms with Gasteiger partial charge >= 0.3 is 0 Å². The summed E-state index contributed by atoms with van der Waals surface area (Å²) in [5.41, 5.74) is 2.09. The first-order chi connectivity index (χ1) is 9.79. The van der Waals surface area contributed by atoms with E-state index in [0.29, 0.717) is 5.92 Å². The predicted molar refractivity (Wildman–Crippen MR) is 77.9 cm³/mol. The van der Waals surface area contributed by atoms with Gasteiger partial charge < -0.3 is 4.74 Å². The number of nitrogens with zero attached hydrogens (tertiary/aromatic N) is 1. The third kappa shape index (κ3) is 2.16. The molecule has 0 saturated heterocycles. The Morgan fingerprint density at radius 2 is 2.00 bits per heavy atom. The highest BCUT2D eigenvalue weighted by atomic mass is 16.5. The fraction of sp³-hybridized carbons (Fsp3) is 0.588. The van der Waals surface area contributed by atoms with Crippen LogP contribution in [0, 0.1) is 0 Å². The molecule has 0 amide bonds. The van der Waals surface area contributed by atoms with Gasteiger partial charge in [-0.05, 0) is 55.7 Å². The van der Waals surface area contributed by atoms with Crippen LogP contribution in [0.25, 0.3) is 0 Å². The van der Waals surface area contributed by atoms with Crippen molar-refractivity contribution in [1.82, 2.24) is 0 Å². The summed E-state index contributed by atoms with van der Waals surface area (Å²) in [6.45, 7) is 0. The van der Waals surface area contributed by atoms with Crippen molar-refractivity contribution < 1.29 is 9.53 Å². The molecule has 2 fully saturated rings. The van der Waals surface area contributed by atoms with Crippen LogP contribution in [0.15, 0.2) is 23.2 Å². The molecule has 3 rings (SSSR count). The molecule has 2 saturated carbocycles. The molecule has 0 unspecified atom stereocenters. The zero-order valence-corrected chi connectivity index (χ0v) is 12.0. The Labute approximate surface area is 120 Å². The van der Waals surface area contributed by atoms with Gasteiger partial charge in [-0.15, -0.1) is 0 Å². The summed E-state index contributed by atoms with van der Waals surface area (Å²) in [5, 5.41) is 0. The highest BCUT2D eigenvalue weighted by Crippen LogP contribution is 2.49. The molecule has 0 aliphatic heterocycles. The van der Waals surface area contributed by atoms with Gasteiger partial charge in [-0.25, -0.2) is 4.79 Å². The van der Waals surface area contributed by atoms with E-state index in [1.54, 1.807) is 13.2 Å². The number of hydrogen-bond donors (Lipinski definition) is 0. The van der Waals surface area contributed by atoms with Crippen LogP contribution in [-0.4, -0.2) is 13.2 Å². The van der Waals surface area contributed by atoms with Crippen molar-refractivity contribution in [1.29, 1.82) is 0 Å². The van der Waals surface area contributed by atoms with Gasteiger partial charge in [-0.1, -0.05) is 18.9 Å². The number of methoxy groups -OCH3 is 1. The molecule has 0 bridgehead atoms. The number of hydrogen-bond acceptors (Lipinski definition) is 3. The molecular formula is C17H21NO2. The average Bonchev–Trinajstić information content (AvgIpc) is 2.96. The molecule has 106 valence electrons. The summed E-state index contributed by atoms with van der Waals surface area (Å²) in [6.07, 6.45) is 9.92. The lowest BCUT2D eigenvalue weighted by Crippen LogP contribution is -2.32. The Hall–Kier alpha value is -1.60. The number of rotatable bonds is 4. The Morgan fingerprint density at radius 1 is 1.25 bits per heavy atom. The molecule has 0 aromatic heterocycles. The van der Waals surface area contributed by atoms with Gasteiger partial charge in [0.15, 0.2) is 0 Å². The smallest absolute Gasteiger partial charge is 0.235 e. The zero-order chi connectivity index (χ0) is 14.0. The highest BCUT2D eigenvalue weighted by Gasteiger charge is 2.41. The molecule has 20 heavy (non-hydrogen) atoms. The van der Waals surface area contributed by atoms with E-state index in [1.165, 1.54) is 31.2 Å². The van der Waals surface area contributed by atoms with Crippen molar-refractivity contribution in [2.24, 2.45) is 4.99 Å². The van der Waals surface area contributed by atoms with Crippen LogP contribution >= 0.6 is 0 Å². The minimum atomic E-state index is -0.373. The molecule has 0 atom stereocenters. The summed E-state index contributed by atoms with van der Waals surface area (Å²) < 4.78 is 5.50. The topological polar surface area (TPSA) is 38.7 Å². The van der Waals surface area contributed by atoms with Crippen LogP contribution in [0.5, 0.6) is 5.75 Å². The minimum Gasteiger partial charge on any atom is -0.496 e. The summed E-state index contributed by atoms with van der Waals surface area (Å²) in [4.78, 5) is 14.9. The van der Waals surface area contributed by atoms with Crippen LogP contribution in [0.3, 0.4) is 0 Å². The van der Waals surface area contributed by atoms with E-state index < -0.39 is 0 Å². The van der Waals surface area contributed by atoms with E-state index in [9.17, 15) is 4.79 Å². The van der Waals surface area contributed by atoms with Gasteiger partial charge in [0.1, 0.15) is 11.3 Å². The van der Waals surface area contributed by atoms with E-state index in [-0.39, 0.29) is 5.54 Å². The van der Waals surface area contributed by atoms with Gasteiger partial charge in [-0.2, -0.15) is 4.99 Å². The van der Waals surface area contributed by atoms with Gasteiger partial charge in [-0.3, -0.25) is 0 Å². The maximum absolute atomic E-state index is 10.8. The van der Waals surface area contributed by atoms with Crippen molar-refractivity contribution in [3.05, 3.63) is 29.3 Å². The molecule has 1 aromatic carbocycles. The molecule has 1 aromatic rings. The lowest BCUT2D eigenvalue weighted by Gasteiger charge is -2.38. The van der Waals surface area contributed by atoms with E-state index in [1.807, 2.05) is 6.07 Å². The van der Waals surface area contributed by atoms with Crippen molar-refractivity contribution >= 4 is 6.08 Å². The minimum absolute atomic E-state index is 0.373. The third-order valence-corrected chi connectivity index (χ3v) is 4.99. The van der Waals surface area contributed by atoms with Gasteiger partial charge in [0.05, 0.1) is 7.11 Å². The number of ether oxygens (including phenoxy) is 1. The Kier molecular flexibility index (Phi) is 3.62. The largest absolute Gasteiger partial charge is 0.496 e. The molecule has 2 aliphatic rings. The zero-order valence-electron chi connectivity index (χ0n) is 12.0. The Morgan fingerprint density at radius 3 is 2.55 bits per heavy atom. The number of aliphatic imine (C=N–C) groups is 1. The van der Waals surface area contributed by atoms with E-state index in [4.69, 9.17) is 4.74 Å². The van der Waals surface area contributed by atoms with Crippen molar-refractivity contribution in [2.45, 2.75) is 56.4 Å². The monoisotopic (exact) mass is 271 g/mol. The lowest BCUT2D eigenvalue weighted by molar-refractivity contribution is 0.246. The number of isocyanates is 1. The molecule has 0 N–H and O–H groups in total. The quantitative estimate of drug-likeness (QED) is 0.611. The van der Waals surface area contributed by atoms with Crippen LogP contribution in [-0.2, 0) is 10.3 Å². The Balaban J connectivity index is 2.02. The maximum atomic E-state index is 10.8. The number of benzene rings is 1. The molecule has 2 aliphatic carbocycles. The normalized spacial score (nSPS) is 21.1. The molecule has 0 heterocycles. The van der Waals surface area contributed by atoms with Crippen LogP contribution in [0.2, 0.25) is 0 Å². The third-order valence-electron chi connectivity index (χ3n) is 4.99. The first kappa shape index (κ1) is 13.4. The fourth-order valence-corrected chi connectivity index (χ4v) is 3.64. The SMILES string of the molecule is COc1ccc(C2CCCC2)cc1C1(N=C=O)CCC1. The first-order valence-electron chi connectivity index (χ1n) is 7.56. The second-order valence-corrected chi connectivity index (χ2v) is 6.03. The molecule has 0 spiro atoms. The lowest BCUT2D eigenvalue weighted by atomic mass is 9.71. The summed E-state index contributed by atoms with van der Waals surface area (Å²) >= 11 is 0. The van der Waals surface area contributed by atoms with Crippen molar-refractivity contribution in [3.63, 3.8) is 0 Å². The highest BCUT2D eigenvalue weighted by molar-refractivity contribution is 5.47. The maximum Gasteiger partial charge on any atom is 0.235 e.